The van der Waals surface area contributed by atoms with Gasteiger partial charge in [-0.25, -0.2) is 0 Å². The molecule has 0 heterocycles. The number of halogens is 1. The second-order valence-corrected chi connectivity index (χ2v) is 4.94. The van der Waals surface area contributed by atoms with E-state index >= 15 is 0 Å². The minimum Gasteiger partial charge on any atom is -0.494 e. The zero-order valence-corrected chi connectivity index (χ0v) is 11.7. The van der Waals surface area contributed by atoms with Gasteiger partial charge < -0.3 is 9.84 Å². The largest absolute Gasteiger partial charge is 0.494 e. The van der Waals surface area contributed by atoms with Gasteiger partial charge in [-0.3, -0.25) is 0 Å². The van der Waals surface area contributed by atoms with E-state index in [0.29, 0.717) is 6.61 Å². The van der Waals surface area contributed by atoms with Crippen molar-refractivity contribution in [1.82, 2.24) is 0 Å². The second-order valence-electron chi connectivity index (χ2n) is 4.50. The van der Waals surface area contributed by atoms with Crippen LogP contribution in [-0.2, 0) is 0 Å². The molecule has 0 radical (unpaired) electrons. The van der Waals surface area contributed by atoms with Crippen molar-refractivity contribution in [2.24, 2.45) is 0 Å². The maximum absolute atomic E-state index is 8.64. The van der Waals surface area contributed by atoms with E-state index in [4.69, 9.17) is 21.4 Å². The molecule has 1 rings (SSSR count). The predicted molar refractivity (Wildman–Crippen MR) is 76.4 cm³/mol. The fraction of sp³-hybridized carbons (Fsp3) is 0.600. The maximum Gasteiger partial charge on any atom is 0.119 e. The lowest BCUT2D eigenvalue weighted by Gasteiger charge is -2.06. The zero-order chi connectivity index (χ0) is 13.1. The molecule has 3 heteroatoms. The van der Waals surface area contributed by atoms with E-state index in [2.05, 4.69) is 0 Å². The van der Waals surface area contributed by atoms with Gasteiger partial charge in [0.25, 0.3) is 0 Å². The van der Waals surface area contributed by atoms with Crippen LogP contribution in [0.4, 0.5) is 0 Å². The molecule has 1 N–H and O–H groups in total. The quantitative estimate of drug-likeness (QED) is 0.637. The molecule has 0 saturated carbocycles. The van der Waals surface area contributed by atoms with Crippen molar-refractivity contribution in [2.45, 2.75) is 44.9 Å². The molecule has 1 aromatic carbocycles. The smallest absolute Gasteiger partial charge is 0.119 e. The number of aliphatic hydroxyl groups is 1. The number of aliphatic hydroxyl groups excluding tert-OH is 1. The average molecular weight is 271 g/mol. The van der Waals surface area contributed by atoms with Crippen LogP contribution in [-0.4, -0.2) is 18.3 Å². The van der Waals surface area contributed by atoms with Gasteiger partial charge in [0.05, 0.1) is 6.61 Å². The number of hydrogen-bond acceptors (Lipinski definition) is 2. The van der Waals surface area contributed by atoms with Gasteiger partial charge in [0.1, 0.15) is 5.75 Å². The van der Waals surface area contributed by atoms with E-state index in [1.54, 1.807) is 0 Å². The third kappa shape index (κ3) is 7.57. The Bertz CT molecular complexity index is 298. The lowest BCUT2D eigenvalue weighted by atomic mass is 10.1. The summed E-state index contributed by atoms with van der Waals surface area (Å²) in [5.74, 6) is 0.891. The van der Waals surface area contributed by atoms with E-state index < -0.39 is 0 Å². The number of ether oxygens (including phenoxy) is 1. The van der Waals surface area contributed by atoms with E-state index in [-0.39, 0.29) is 0 Å². The highest BCUT2D eigenvalue weighted by Gasteiger charge is 1.95. The zero-order valence-electron chi connectivity index (χ0n) is 10.9. The predicted octanol–water partition coefficient (Wildman–Crippen LogP) is 4.44. The average Bonchev–Trinajstić information content (AvgIpc) is 2.39. The van der Waals surface area contributed by atoms with Crippen molar-refractivity contribution >= 4 is 11.6 Å². The van der Waals surface area contributed by atoms with Gasteiger partial charge in [-0.2, -0.15) is 0 Å². The molecule has 2 nitrogen and oxygen atoms in total. The van der Waals surface area contributed by atoms with E-state index in [0.717, 1.165) is 36.6 Å². The third-order valence-electron chi connectivity index (χ3n) is 2.88. The van der Waals surface area contributed by atoms with Crippen LogP contribution in [0.3, 0.4) is 0 Å². The fourth-order valence-electron chi connectivity index (χ4n) is 1.82. The summed E-state index contributed by atoms with van der Waals surface area (Å²) in [6, 6.07) is 7.49. The highest BCUT2D eigenvalue weighted by molar-refractivity contribution is 6.30. The molecule has 102 valence electrons. The molecule has 0 saturated heterocycles. The van der Waals surface area contributed by atoms with Gasteiger partial charge >= 0.3 is 0 Å². The van der Waals surface area contributed by atoms with Crippen molar-refractivity contribution in [3.8, 4) is 5.75 Å². The summed E-state index contributed by atoms with van der Waals surface area (Å²) in [6.45, 7) is 1.10. The molecule has 0 unspecified atom stereocenters. The lowest BCUT2D eigenvalue weighted by molar-refractivity contribution is 0.281. The number of unbranched alkanes of at least 4 members (excludes halogenated alkanes) is 6. The standard InChI is InChI=1S/C15H23ClO2/c16-14-8-10-15(11-9-14)18-13-7-5-3-1-2-4-6-12-17/h8-11,17H,1-7,12-13H2. The Labute approximate surface area is 115 Å². The summed E-state index contributed by atoms with van der Waals surface area (Å²) in [7, 11) is 0. The van der Waals surface area contributed by atoms with Crippen LogP contribution < -0.4 is 4.74 Å². The number of benzene rings is 1. The molecule has 0 spiro atoms. The van der Waals surface area contributed by atoms with Crippen molar-refractivity contribution in [2.75, 3.05) is 13.2 Å². The van der Waals surface area contributed by atoms with E-state index in [1.807, 2.05) is 24.3 Å². The highest BCUT2D eigenvalue weighted by atomic mass is 35.5. The first-order valence-electron chi connectivity index (χ1n) is 6.82. The number of rotatable bonds is 10. The van der Waals surface area contributed by atoms with Crippen LogP contribution in [0.2, 0.25) is 5.02 Å². The van der Waals surface area contributed by atoms with Gasteiger partial charge in [-0.05, 0) is 37.1 Å². The van der Waals surface area contributed by atoms with Crippen molar-refractivity contribution < 1.29 is 9.84 Å². The van der Waals surface area contributed by atoms with Gasteiger partial charge in [-0.1, -0.05) is 43.7 Å². The molecular weight excluding hydrogens is 248 g/mol. The minimum atomic E-state index is 0.328. The first-order valence-corrected chi connectivity index (χ1v) is 7.20. The third-order valence-corrected chi connectivity index (χ3v) is 3.14. The van der Waals surface area contributed by atoms with Crippen LogP contribution in [0.5, 0.6) is 5.75 Å². The summed E-state index contributed by atoms with van der Waals surface area (Å²) in [4.78, 5) is 0. The Hall–Kier alpha value is -0.730. The summed E-state index contributed by atoms with van der Waals surface area (Å²) in [5.41, 5.74) is 0. The van der Waals surface area contributed by atoms with Crippen LogP contribution in [0, 0.1) is 0 Å². The molecule has 0 aliphatic rings. The van der Waals surface area contributed by atoms with Gasteiger partial charge in [0.15, 0.2) is 0 Å². The van der Waals surface area contributed by atoms with E-state index in [9.17, 15) is 0 Å². The normalized spacial score (nSPS) is 10.6. The summed E-state index contributed by atoms with van der Waals surface area (Å²) >= 11 is 5.80. The molecule has 0 fully saturated rings. The highest BCUT2D eigenvalue weighted by Crippen LogP contribution is 2.16. The second kappa shape index (κ2) is 10.2. The lowest BCUT2D eigenvalue weighted by Crippen LogP contribution is -1.97. The maximum atomic E-state index is 8.64. The topological polar surface area (TPSA) is 29.5 Å². The molecule has 0 amide bonds. The van der Waals surface area contributed by atoms with E-state index in [1.165, 1.54) is 25.7 Å². The Balaban J connectivity index is 1.91. The molecule has 0 aliphatic carbocycles. The Kier molecular flexibility index (Phi) is 8.70. The fourth-order valence-corrected chi connectivity index (χ4v) is 1.94. The van der Waals surface area contributed by atoms with Gasteiger partial charge in [0, 0.05) is 11.6 Å². The number of hydrogen-bond donors (Lipinski definition) is 1. The summed E-state index contributed by atoms with van der Waals surface area (Å²) in [6.07, 6.45) is 8.17. The first kappa shape index (κ1) is 15.3. The summed E-state index contributed by atoms with van der Waals surface area (Å²) < 4.78 is 5.61. The minimum absolute atomic E-state index is 0.328. The van der Waals surface area contributed by atoms with Gasteiger partial charge in [-0.15, -0.1) is 0 Å². The first-order chi connectivity index (χ1) is 8.83. The molecule has 0 atom stereocenters. The van der Waals surface area contributed by atoms with Crippen molar-refractivity contribution in [3.63, 3.8) is 0 Å². The Morgan fingerprint density at radius 2 is 1.39 bits per heavy atom. The summed E-state index contributed by atoms with van der Waals surface area (Å²) in [5, 5.41) is 9.38. The van der Waals surface area contributed by atoms with Crippen LogP contribution >= 0.6 is 11.6 Å². The van der Waals surface area contributed by atoms with Crippen LogP contribution in [0.15, 0.2) is 24.3 Å². The Morgan fingerprint density at radius 3 is 2.00 bits per heavy atom. The van der Waals surface area contributed by atoms with Crippen molar-refractivity contribution in [1.29, 1.82) is 0 Å². The molecule has 0 aromatic heterocycles. The molecular formula is C15H23ClO2. The van der Waals surface area contributed by atoms with Gasteiger partial charge in [0.2, 0.25) is 0 Å². The Morgan fingerprint density at radius 1 is 0.833 bits per heavy atom. The van der Waals surface area contributed by atoms with Crippen LogP contribution in [0.1, 0.15) is 44.9 Å². The molecule has 18 heavy (non-hydrogen) atoms. The van der Waals surface area contributed by atoms with Crippen molar-refractivity contribution in [3.05, 3.63) is 29.3 Å². The molecule has 0 aliphatic heterocycles. The SMILES string of the molecule is OCCCCCCCCCOc1ccc(Cl)cc1. The van der Waals surface area contributed by atoms with Crippen LogP contribution in [0.25, 0.3) is 0 Å². The monoisotopic (exact) mass is 270 g/mol. The molecule has 1 aromatic rings. The molecule has 0 bridgehead atoms.